The van der Waals surface area contributed by atoms with Gasteiger partial charge in [0.1, 0.15) is 5.60 Å². The molecule has 3 rings (SSSR count). The molecular weight excluding hydrogens is 314 g/mol. The number of pyridine rings is 1. The number of fused-ring (bicyclic) bond motifs is 1. The monoisotopic (exact) mass is 329 g/mol. The number of hydrogen-bond donors (Lipinski definition) is 0. The van der Waals surface area contributed by atoms with Gasteiger partial charge in [-0.05, 0) is 26.8 Å². The first-order valence-electron chi connectivity index (χ1n) is 7.18. The van der Waals surface area contributed by atoms with Crippen LogP contribution in [-0.2, 0) is 4.74 Å². The van der Waals surface area contributed by atoms with Gasteiger partial charge in [-0.15, -0.1) is 10.2 Å². The minimum absolute atomic E-state index is 0.350. The van der Waals surface area contributed by atoms with Crippen LogP contribution in [0.25, 0.3) is 17.0 Å². The van der Waals surface area contributed by atoms with Crippen LogP contribution in [0.5, 0.6) is 0 Å². The summed E-state index contributed by atoms with van der Waals surface area (Å²) < 4.78 is 7.10. The normalized spacial score (nSPS) is 11.7. The molecule has 0 unspecified atom stereocenters. The van der Waals surface area contributed by atoms with Gasteiger partial charge in [-0.2, -0.15) is 0 Å². The average molecular weight is 330 g/mol. The van der Waals surface area contributed by atoms with Crippen LogP contribution in [0, 0.1) is 0 Å². The van der Waals surface area contributed by atoms with E-state index >= 15 is 0 Å². The molecule has 3 aromatic rings. The van der Waals surface area contributed by atoms with E-state index in [0.717, 1.165) is 5.56 Å². The van der Waals surface area contributed by atoms with E-state index in [2.05, 4.69) is 10.2 Å². The van der Waals surface area contributed by atoms with Crippen molar-refractivity contribution < 1.29 is 9.53 Å². The van der Waals surface area contributed by atoms with Gasteiger partial charge in [0.25, 0.3) is 0 Å². The number of aromatic nitrogens is 3. The third kappa shape index (κ3) is 3.19. The van der Waals surface area contributed by atoms with Crippen LogP contribution in [0.1, 0.15) is 31.1 Å². The average Bonchev–Trinajstić information content (AvgIpc) is 2.91. The van der Waals surface area contributed by atoms with Gasteiger partial charge in [0.2, 0.25) is 0 Å². The number of nitrogens with zero attached hydrogens (tertiary/aromatic N) is 3. The van der Waals surface area contributed by atoms with Crippen LogP contribution in [0.3, 0.4) is 0 Å². The Kier molecular flexibility index (Phi) is 3.82. The molecule has 0 fully saturated rings. The minimum atomic E-state index is -0.575. The Morgan fingerprint density at radius 3 is 2.52 bits per heavy atom. The Morgan fingerprint density at radius 1 is 1.17 bits per heavy atom. The van der Waals surface area contributed by atoms with Gasteiger partial charge in [-0.3, -0.25) is 4.40 Å². The van der Waals surface area contributed by atoms with Crippen LogP contribution in [0.4, 0.5) is 0 Å². The molecule has 1 aromatic carbocycles. The highest BCUT2D eigenvalue weighted by atomic mass is 35.5. The first kappa shape index (κ1) is 15.5. The Balaban J connectivity index is 2.11. The second kappa shape index (κ2) is 5.66. The lowest BCUT2D eigenvalue weighted by molar-refractivity contribution is 0.00690. The summed E-state index contributed by atoms with van der Waals surface area (Å²) in [4.78, 5) is 12.3. The van der Waals surface area contributed by atoms with Crippen molar-refractivity contribution >= 4 is 23.2 Å². The number of ether oxygens (including phenoxy) is 1. The second-order valence-corrected chi connectivity index (χ2v) is 6.57. The zero-order chi connectivity index (χ0) is 16.6. The topological polar surface area (TPSA) is 56.5 Å². The molecule has 0 saturated carbocycles. The van der Waals surface area contributed by atoms with Crippen LogP contribution < -0.4 is 0 Å². The molecule has 2 heterocycles. The van der Waals surface area contributed by atoms with Crippen molar-refractivity contribution in [1.82, 2.24) is 14.6 Å². The van der Waals surface area contributed by atoms with Gasteiger partial charge < -0.3 is 4.74 Å². The minimum Gasteiger partial charge on any atom is -0.456 e. The molecule has 2 aromatic heterocycles. The molecule has 0 aliphatic heterocycles. The first-order valence-corrected chi connectivity index (χ1v) is 7.56. The molecule has 23 heavy (non-hydrogen) atoms. The first-order chi connectivity index (χ1) is 10.8. The van der Waals surface area contributed by atoms with Gasteiger partial charge in [0.15, 0.2) is 11.5 Å². The smallest absolute Gasteiger partial charge is 0.340 e. The molecule has 0 N–H and O–H groups in total. The SMILES string of the molecule is CC(C)(C)OC(=O)c1cc(Cl)c2nnc(-c3ccccc3)n2c1. The Hall–Kier alpha value is -2.40. The van der Waals surface area contributed by atoms with Crippen LogP contribution >= 0.6 is 11.6 Å². The predicted octanol–water partition coefficient (Wildman–Crippen LogP) is 4.01. The summed E-state index contributed by atoms with van der Waals surface area (Å²) in [6.07, 6.45) is 1.65. The summed E-state index contributed by atoms with van der Waals surface area (Å²) >= 11 is 6.25. The van der Waals surface area contributed by atoms with Gasteiger partial charge in [0, 0.05) is 11.8 Å². The van der Waals surface area contributed by atoms with Crippen LogP contribution in [0.15, 0.2) is 42.6 Å². The fraction of sp³-hybridized carbons (Fsp3) is 0.235. The van der Waals surface area contributed by atoms with E-state index in [9.17, 15) is 4.79 Å². The van der Waals surface area contributed by atoms with E-state index in [-0.39, 0.29) is 0 Å². The Morgan fingerprint density at radius 2 is 1.87 bits per heavy atom. The highest BCUT2D eigenvalue weighted by molar-refractivity contribution is 6.33. The quantitative estimate of drug-likeness (QED) is 0.667. The second-order valence-electron chi connectivity index (χ2n) is 6.16. The fourth-order valence-electron chi connectivity index (χ4n) is 2.19. The molecule has 0 aliphatic carbocycles. The Labute approximate surface area is 138 Å². The van der Waals surface area contributed by atoms with E-state index in [1.54, 1.807) is 16.7 Å². The molecule has 0 amide bonds. The molecular formula is C17H16ClN3O2. The summed E-state index contributed by atoms with van der Waals surface area (Å²) in [6.45, 7) is 5.46. The summed E-state index contributed by atoms with van der Waals surface area (Å²) in [5.74, 6) is 0.182. The van der Waals surface area contributed by atoms with E-state index < -0.39 is 11.6 Å². The highest BCUT2D eigenvalue weighted by Gasteiger charge is 2.20. The maximum absolute atomic E-state index is 12.3. The van der Waals surface area contributed by atoms with Crippen molar-refractivity contribution in [2.75, 3.05) is 0 Å². The summed E-state index contributed by atoms with van der Waals surface area (Å²) in [7, 11) is 0. The lowest BCUT2D eigenvalue weighted by atomic mass is 10.2. The van der Waals surface area contributed by atoms with Crippen molar-refractivity contribution in [3.05, 3.63) is 53.2 Å². The summed E-state index contributed by atoms with van der Waals surface area (Å²) in [6, 6.07) is 11.1. The molecule has 0 bridgehead atoms. The van der Waals surface area contributed by atoms with E-state index in [1.165, 1.54) is 0 Å². The van der Waals surface area contributed by atoms with E-state index in [0.29, 0.717) is 22.1 Å². The van der Waals surface area contributed by atoms with Gasteiger partial charge in [-0.25, -0.2) is 4.79 Å². The van der Waals surface area contributed by atoms with Crippen molar-refractivity contribution in [2.24, 2.45) is 0 Å². The number of esters is 1. The van der Waals surface area contributed by atoms with Gasteiger partial charge in [-0.1, -0.05) is 41.9 Å². The molecule has 0 saturated heterocycles. The number of carbonyl (C=O) groups excluding carboxylic acids is 1. The molecule has 0 spiro atoms. The highest BCUT2D eigenvalue weighted by Crippen LogP contribution is 2.24. The third-order valence-electron chi connectivity index (χ3n) is 3.13. The van der Waals surface area contributed by atoms with E-state index in [4.69, 9.17) is 16.3 Å². The lowest BCUT2D eigenvalue weighted by Crippen LogP contribution is -2.24. The van der Waals surface area contributed by atoms with Crippen molar-refractivity contribution in [2.45, 2.75) is 26.4 Å². The summed E-state index contributed by atoms with van der Waals surface area (Å²) in [5.41, 5.74) is 1.16. The number of rotatable bonds is 2. The standard InChI is InChI=1S/C17H16ClN3O2/c1-17(2,3)23-16(22)12-9-13(18)15-20-19-14(21(15)10-12)11-7-5-4-6-8-11/h4-10H,1-3H3. The predicted molar refractivity (Wildman–Crippen MR) is 88.6 cm³/mol. The maximum atomic E-state index is 12.3. The molecule has 0 atom stereocenters. The van der Waals surface area contributed by atoms with Gasteiger partial charge in [0.05, 0.1) is 10.6 Å². The number of hydrogen-bond acceptors (Lipinski definition) is 4. The molecule has 6 heteroatoms. The molecule has 0 radical (unpaired) electrons. The van der Waals surface area contributed by atoms with Crippen LogP contribution in [0.2, 0.25) is 5.02 Å². The number of halogens is 1. The summed E-state index contributed by atoms with van der Waals surface area (Å²) in [5, 5.41) is 8.63. The van der Waals surface area contributed by atoms with Gasteiger partial charge >= 0.3 is 5.97 Å². The molecule has 5 nitrogen and oxygen atoms in total. The zero-order valence-electron chi connectivity index (χ0n) is 13.1. The zero-order valence-corrected chi connectivity index (χ0v) is 13.8. The molecule has 0 aliphatic rings. The number of carbonyl (C=O) groups is 1. The van der Waals surface area contributed by atoms with Crippen LogP contribution in [-0.4, -0.2) is 26.2 Å². The van der Waals surface area contributed by atoms with E-state index in [1.807, 2.05) is 51.1 Å². The fourth-order valence-corrected chi connectivity index (χ4v) is 2.43. The lowest BCUT2D eigenvalue weighted by Gasteiger charge is -2.19. The largest absolute Gasteiger partial charge is 0.456 e. The van der Waals surface area contributed by atoms with Crippen molar-refractivity contribution in [1.29, 1.82) is 0 Å². The third-order valence-corrected chi connectivity index (χ3v) is 3.40. The number of benzene rings is 1. The molecule has 118 valence electrons. The maximum Gasteiger partial charge on any atom is 0.340 e. The van der Waals surface area contributed by atoms with Crippen molar-refractivity contribution in [3.63, 3.8) is 0 Å². The van der Waals surface area contributed by atoms with Crippen molar-refractivity contribution in [3.8, 4) is 11.4 Å². The Bertz CT molecular complexity index is 867.